The maximum atomic E-state index is 10.3. The van der Waals surface area contributed by atoms with E-state index in [0.29, 0.717) is 6.54 Å². The summed E-state index contributed by atoms with van der Waals surface area (Å²) in [5.41, 5.74) is 2.16. The maximum Gasteiger partial charge on any atom is 0.128 e. The van der Waals surface area contributed by atoms with E-state index in [1.165, 1.54) is 0 Å². The van der Waals surface area contributed by atoms with Crippen LogP contribution in [0.1, 0.15) is 18.5 Å². The standard InChI is InChI=1S/C18H24N4O2/c1-13(14-9-20-22(3)10-14)21(2)11-15(23)12-24-18-6-4-5-17-16(18)7-8-19-17/h4-10,13,15,19,23H,11-12H2,1-3H3. The van der Waals surface area contributed by atoms with E-state index >= 15 is 0 Å². The van der Waals surface area contributed by atoms with Gasteiger partial charge in [0.05, 0.1) is 6.20 Å². The highest BCUT2D eigenvalue weighted by Crippen LogP contribution is 2.24. The average molecular weight is 328 g/mol. The zero-order chi connectivity index (χ0) is 17.1. The van der Waals surface area contributed by atoms with E-state index in [9.17, 15) is 5.11 Å². The number of nitrogens with zero attached hydrogens (tertiary/aromatic N) is 3. The molecule has 0 saturated heterocycles. The van der Waals surface area contributed by atoms with Crippen LogP contribution in [0.2, 0.25) is 0 Å². The normalized spacial score (nSPS) is 14.2. The van der Waals surface area contributed by atoms with Crippen LogP contribution in [-0.4, -0.2) is 51.1 Å². The van der Waals surface area contributed by atoms with Crippen LogP contribution in [0.3, 0.4) is 0 Å². The molecule has 0 spiro atoms. The maximum absolute atomic E-state index is 10.3. The second-order valence-electron chi connectivity index (χ2n) is 6.22. The van der Waals surface area contributed by atoms with Crippen molar-refractivity contribution in [3.63, 3.8) is 0 Å². The van der Waals surface area contributed by atoms with Gasteiger partial charge in [0.25, 0.3) is 0 Å². The number of aryl methyl sites for hydroxylation is 1. The fourth-order valence-corrected chi connectivity index (χ4v) is 2.82. The molecule has 0 radical (unpaired) electrons. The Labute approximate surface area is 141 Å². The minimum absolute atomic E-state index is 0.182. The lowest BCUT2D eigenvalue weighted by Gasteiger charge is -2.26. The van der Waals surface area contributed by atoms with E-state index in [0.717, 1.165) is 22.2 Å². The summed E-state index contributed by atoms with van der Waals surface area (Å²) in [5.74, 6) is 0.788. The van der Waals surface area contributed by atoms with Gasteiger partial charge in [-0.05, 0) is 32.2 Å². The van der Waals surface area contributed by atoms with Gasteiger partial charge in [0.2, 0.25) is 0 Å². The largest absolute Gasteiger partial charge is 0.490 e. The number of aromatic nitrogens is 3. The molecule has 3 rings (SSSR count). The molecule has 24 heavy (non-hydrogen) atoms. The van der Waals surface area contributed by atoms with Crippen LogP contribution in [0.25, 0.3) is 10.9 Å². The first-order valence-corrected chi connectivity index (χ1v) is 8.10. The number of hydrogen-bond donors (Lipinski definition) is 2. The summed E-state index contributed by atoms with van der Waals surface area (Å²) in [6.45, 7) is 2.89. The van der Waals surface area contributed by atoms with E-state index in [1.54, 1.807) is 4.68 Å². The molecule has 0 saturated carbocycles. The van der Waals surface area contributed by atoms with Crippen LogP contribution < -0.4 is 4.74 Å². The van der Waals surface area contributed by atoms with Crippen molar-refractivity contribution in [2.75, 3.05) is 20.2 Å². The summed E-state index contributed by atoms with van der Waals surface area (Å²) in [7, 11) is 3.90. The number of fused-ring (bicyclic) bond motifs is 1. The lowest BCUT2D eigenvalue weighted by atomic mass is 10.1. The summed E-state index contributed by atoms with van der Waals surface area (Å²) in [6, 6.07) is 8.03. The number of H-pyrrole nitrogens is 1. The molecule has 0 aliphatic rings. The highest BCUT2D eigenvalue weighted by Gasteiger charge is 2.17. The average Bonchev–Trinajstić information content (AvgIpc) is 3.20. The molecule has 0 amide bonds. The molecular formula is C18H24N4O2. The van der Waals surface area contributed by atoms with Gasteiger partial charge in [-0.2, -0.15) is 5.10 Å². The molecule has 3 aromatic rings. The molecular weight excluding hydrogens is 304 g/mol. The minimum Gasteiger partial charge on any atom is -0.490 e. The number of nitrogens with one attached hydrogen (secondary N) is 1. The van der Waals surface area contributed by atoms with Gasteiger partial charge in [0, 0.05) is 48.5 Å². The molecule has 2 atom stereocenters. The van der Waals surface area contributed by atoms with E-state index in [1.807, 2.05) is 57.0 Å². The third-order valence-corrected chi connectivity index (χ3v) is 4.35. The van der Waals surface area contributed by atoms with Crippen LogP contribution in [0.4, 0.5) is 0 Å². The first-order valence-electron chi connectivity index (χ1n) is 8.10. The van der Waals surface area contributed by atoms with Crippen LogP contribution in [0.5, 0.6) is 5.75 Å². The van der Waals surface area contributed by atoms with Gasteiger partial charge < -0.3 is 14.8 Å². The van der Waals surface area contributed by atoms with Gasteiger partial charge in [-0.25, -0.2) is 0 Å². The summed E-state index contributed by atoms with van der Waals surface area (Å²) in [4.78, 5) is 5.26. The van der Waals surface area contributed by atoms with Crippen molar-refractivity contribution >= 4 is 10.9 Å². The number of rotatable bonds is 7. The van der Waals surface area contributed by atoms with Gasteiger partial charge in [0.1, 0.15) is 18.5 Å². The second kappa shape index (κ2) is 7.07. The molecule has 0 bridgehead atoms. The fraction of sp³-hybridized carbons (Fsp3) is 0.389. The van der Waals surface area contributed by atoms with E-state index < -0.39 is 6.10 Å². The predicted octanol–water partition coefficient (Wildman–Crippen LogP) is 2.33. The zero-order valence-corrected chi connectivity index (χ0v) is 14.3. The Kier molecular flexibility index (Phi) is 4.87. The molecule has 2 N–H and O–H groups in total. The van der Waals surface area contributed by atoms with Crippen LogP contribution in [-0.2, 0) is 7.05 Å². The first-order chi connectivity index (χ1) is 11.5. The topological polar surface area (TPSA) is 66.3 Å². The Morgan fingerprint density at radius 1 is 1.38 bits per heavy atom. The van der Waals surface area contributed by atoms with Crippen LogP contribution in [0, 0.1) is 0 Å². The summed E-state index contributed by atoms with van der Waals surface area (Å²) < 4.78 is 7.61. The van der Waals surface area contributed by atoms with Gasteiger partial charge in [0.15, 0.2) is 0 Å². The van der Waals surface area contributed by atoms with Gasteiger partial charge in [-0.15, -0.1) is 0 Å². The highest BCUT2D eigenvalue weighted by atomic mass is 16.5. The van der Waals surface area contributed by atoms with Crippen molar-refractivity contribution in [2.24, 2.45) is 7.05 Å². The lowest BCUT2D eigenvalue weighted by molar-refractivity contribution is 0.0659. The monoisotopic (exact) mass is 328 g/mol. The Balaban J connectivity index is 1.55. The molecule has 128 valence electrons. The number of benzene rings is 1. The molecule has 6 nitrogen and oxygen atoms in total. The molecule has 0 fully saturated rings. The molecule has 2 aromatic heterocycles. The second-order valence-corrected chi connectivity index (χ2v) is 6.22. The third kappa shape index (κ3) is 3.60. The molecule has 6 heteroatoms. The van der Waals surface area contributed by atoms with Gasteiger partial charge in [-0.3, -0.25) is 9.58 Å². The summed E-state index contributed by atoms with van der Waals surface area (Å²) >= 11 is 0. The number of hydrogen-bond acceptors (Lipinski definition) is 4. The summed E-state index contributed by atoms with van der Waals surface area (Å²) in [5, 5.41) is 15.5. The number of aliphatic hydroxyl groups is 1. The van der Waals surface area contributed by atoms with E-state index in [-0.39, 0.29) is 12.6 Å². The number of ether oxygens (including phenoxy) is 1. The van der Waals surface area contributed by atoms with Gasteiger partial charge >= 0.3 is 0 Å². The molecule has 2 heterocycles. The number of aliphatic hydroxyl groups excluding tert-OH is 1. The zero-order valence-electron chi connectivity index (χ0n) is 14.3. The molecule has 0 aliphatic heterocycles. The SMILES string of the molecule is CC(c1cnn(C)c1)N(C)CC(O)COc1cccc2[nH]ccc12. The van der Waals surface area contributed by atoms with E-state index in [4.69, 9.17) is 4.74 Å². The van der Waals surface area contributed by atoms with Gasteiger partial charge in [-0.1, -0.05) is 6.07 Å². The van der Waals surface area contributed by atoms with Crippen molar-refractivity contribution in [1.82, 2.24) is 19.7 Å². The van der Waals surface area contributed by atoms with Crippen LogP contribution >= 0.6 is 0 Å². The van der Waals surface area contributed by atoms with Crippen molar-refractivity contribution in [2.45, 2.75) is 19.1 Å². The first kappa shape index (κ1) is 16.5. The molecule has 0 aliphatic carbocycles. The Morgan fingerprint density at radius 3 is 2.96 bits per heavy atom. The van der Waals surface area contributed by atoms with Crippen molar-refractivity contribution < 1.29 is 9.84 Å². The Hall–Kier alpha value is -2.31. The lowest BCUT2D eigenvalue weighted by Crippen LogP contribution is -2.34. The van der Waals surface area contributed by atoms with E-state index in [2.05, 4.69) is 21.9 Å². The van der Waals surface area contributed by atoms with Crippen molar-refractivity contribution in [3.8, 4) is 5.75 Å². The van der Waals surface area contributed by atoms with Crippen molar-refractivity contribution in [3.05, 3.63) is 48.4 Å². The van der Waals surface area contributed by atoms with Crippen molar-refractivity contribution in [1.29, 1.82) is 0 Å². The molecule has 2 unspecified atom stereocenters. The Morgan fingerprint density at radius 2 is 2.21 bits per heavy atom. The quantitative estimate of drug-likeness (QED) is 0.699. The van der Waals surface area contributed by atoms with Crippen LogP contribution in [0.15, 0.2) is 42.9 Å². The number of likely N-dealkylation sites (N-methyl/N-ethyl adjacent to an activating group) is 1. The minimum atomic E-state index is -0.566. The highest BCUT2D eigenvalue weighted by molar-refractivity contribution is 5.85. The number of aromatic amines is 1. The third-order valence-electron chi connectivity index (χ3n) is 4.35. The smallest absolute Gasteiger partial charge is 0.128 e. The molecule has 1 aromatic carbocycles. The Bertz CT molecular complexity index is 795. The fourth-order valence-electron chi connectivity index (χ4n) is 2.82. The predicted molar refractivity (Wildman–Crippen MR) is 94.1 cm³/mol. The summed E-state index contributed by atoms with van der Waals surface area (Å²) in [6.07, 6.45) is 5.17.